The summed E-state index contributed by atoms with van der Waals surface area (Å²) in [6, 6.07) is 0. The van der Waals surface area contributed by atoms with E-state index in [1.54, 1.807) is 0 Å². The Morgan fingerprint density at radius 3 is 1.88 bits per heavy atom. The lowest BCUT2D eigenvalue weighted by molar-refractivity contribution is -0.387. The minimum Gasteiger partial charge on any atom is -0.432 e. The van der Waals surface area contributed by atoms with E-state index in [4.69, 9.17) is 28.4 Å². The quantitative estimate of drug-likeness (QED) is 0.0986. The third-order valence-electron chi connectivity index (χ3n) is 19.4. The summed E-state index contributed by atoms with van der Waals surface area (Å²) >= 11 is 0. The molecule has 3 aliphatic heterocycles. The number of ether oxygens (including phenoxy) is 6. The molecule has 0 aromatic rings. The van der Waals surface area contributed by atoms with Crippen LogP contribution in [0.25, 0.3) is 0 Å². The Morgan fingerprint density at radius 1 is 0.657 bits per heavy atom. The Labute approximate surface area is 392 Å². The molecule has 0 bridgehead atoms. The van der Waals surface area contributed by atoms with E-state index in [1.807, 2.05) is 6.92 Å². The van der Waals surface area contributed by atoms with Crippen molar-refractivity contribution >= 4 is 5.97 Å². The molecule has 3 saturated heterocycles. The van der Waals surface area contributed by atoms with Crippen LogP contribution in [0.4, 0.5) is 0 Å². The number of fused-ring (bicyclic) bond motifs is 7. The highest BCUT2D eigenvalue weighted by atomic mass is 16.8. The summed E-state index contributed by atoms with van der Waals surface area (Å²) in [6.07, 6.45) is -19.9. The molecule has 7 fully saturated rings. The summed E-state index contributed by atoms with van der Waals surface area (Å²) in [6.45, 7) is 12.7. The van der Waals surface area contributed by atoms with Gasteiger partial charge in [0.1, 0.15) is 61.0 Å². The fourth-order valence-electron chi connectivity index (χ4n) is 15.0. The van der Waals surface area contributed by atoms with Crippen molar-refractivity contribution in [2.75, 3.05) is 19.8 Å². The first-order chi connectivity index (χ1) is 31.3. The zero-order valence-electron chi connectivity index (χ0n) is 39.8. The summed E-state index contributed by atoms with van der Waals surface area (Å²) in [5, 5.41) is 130. The van der Waals surface area contributed by atoms with Gasteiger partial charge >= 0.3 is 5.97 Å². The SMILES string of the molecule is CC1OC(OC2C(OC(=O)C34CCC(C)(C)CC3C3=CCC5C6(C)CC(O)C(O)C(C)(CO)C6CCC5(C)C3(C)CC4)OC(CO)C(O)C2OC2OC(CO)C(O)C(O)C2O)C(O)C(O)C1O. The maximum absolute atomic E-state index is 15.5. The second-order valence-electron chi connectivity index (χ2n) is 23.5. The van der Waals surface area contributed by atoms with Crippen LogP contribution in [0.2, 0.25) is 0 Å². The second kappa shape index (κ2) is 18.2. The van der Waals surface area contributed by atoms with Gasteiger partial charge < -0.3 is 89.7 Å². The van der Waals surface area contributed by atoms with Crippen LogP contribution < -0.4 is 0 Å². The molecular weight excluding hydrogens is 881 g/mol. The van der Waals surface area contributed by atoms with Gasteiger partial charge in [0.05, 0.1) is 43.5 Å². The van der Waals surface area contributed by atoms with Gasteiger partial charge in [-0.05, 0) is 104 Å². The zero-order valence-corrected chi connectivity index (χ0v) is 39.8. The number of esters is 1. The summed E-state index contributed by atoms with van der Waals surface area (Å²) < 4.78 is 36.3. The van der Waals surface area contributed by atoms with Crippen LogP contribution in [0.1, 0.15) is 106 Å². The van der Waals surface area contributed by atoms with Gasteiger partial charge in [0.15, 0.2) is 18.7 Å². The predicted octanol–water partition coefficient (Wildman–Crippen LogP) is -0.889. The molecule has 8 aliphatic rings. The standard InChI is InChI=1S/C48H78O19/c1-21-29(53)32(56)34(58)39(62-21)66-37-36(65-40-35(59)33(57)30(54)25(18-49)63-40)31(55)26(19-50)64-41(37)67-42(61)48-14-12-43(2,3)16-23(48)22-8-9-28-44(4)17-24(52)38(60)45(5,20-51)27(44)10-11-47(28,7)46(22,6)13-15-48/h8,21,23-41,49-60H,9-20H2,1-7H3. The van der Waals surface area contributed by atoms with E-state index in [0.717, 1.165) is 18.4 Å². The lowest BCUT2D eigenvalue weighted by Gasteiger charge is -2.71. The molecule has 12 N–H and O–H groups in total. The van der Waals surface area contributed by atoms with E-state index in [2.05, 4.69) is 40.7 Å². The van der Waals surface area contributed by atoms with Gasteiger partial charge in [0.25, 0.3) is 0 Å². The van der Waals surface area contributed by atoms with E-state index in [1.165, 1.54) is 6.92 Å². The number of hydrogen-bond acceptors (Lipinski definition) is 19. The van der Waals surface area contributed by atoms with E-state index in [-0.39, 0.29) is 35.2 Å². The van der Waals surface area contributed by atoms with Crippen LogP contribution in [0.15, 0.2) is 11.6 Å². The van der Waals surface area contributed by atoms with Gasteiger partial charge in [-0.15, -0.1) is 0 Å². The second-order valence-corrected chi connectivity index (χ2v) is 23.5. The van der Waals surface area contributed by atoms with Crippen molar-refractivity contribution in [3.8, 4) is 0 Å². The topological polar surface area (TPSA) is 315 Å². The normalized spacial score (nSPS) is 55.2. The third-order valence-corrected chi connectivity index (χ3v) is 19.4. The number of carbonyl (C=O) groups is 1. The summed E-state index contributed by atoms with van der Waals surface area (Å²) in [5.41, 5.74) is -2.11. The Hall–Kier alpha value is -1.47. The molecule has 0 spiro atoms. The van der Waals surface area contributed by atoms with E-state index >= 15 is 4.79 Å². The molecule has 0 radical (unpaired) electrons. The summed E-state index contributed by atoms with van der Waals surface area (Å²) in [7, 11) is 0. The molecule has 0 aromatic carbocycles. The molecule has 0 amide bonds. The monoisotopic (exact) mass is 959 g/mol. The number of aliphatic hydroxyl groups excluding tert-OH is 12. The Bertz CT molecular complexity index is 1830. The fraction of sp³-hybridized carbons (Fsp3) is 0.938. The fourth-order valence-corrected chi connectivity index (χ4v) is 15.0. The lowest BCUT2D eigenvalue weighted by Crippen LogP contribution is -2.68. The Kier molecular flexibility index (Phi) is 14.1. The molecule has 19 nitrogen and oxygen atoms in total. The van der Waals surface area contributed by atoms with Crippen LogP contribution in [0.3, 0.4) is 0 Å². The van der Waals surface area contributed by atoms with E-state index < -0.39 is 145 Å². The molecule has 8 rings (SSSR count). The molecule has 3 heterocycles. The van der Waals surface area contributed by atoms with Crippen molar-refractivity contribution in [3.63, 3.8) is 0 Å². The largest absolute Gasteiger partial charge is 0.432 e. The van der Waals surface area contributed by atoms with Gasteiger partial charge in [-0.2, -0.15) is 0 Å². The van der Waals surface area contributed by atoms with E-state index in [9.17, 15) is 61.3 Å². The molecule has 25 atom stereocenters. The van der Waals surface area contributed by atoms with Crippen molar-refractivity contribution in [1.29, 1.82) is 0 Å². The molecular formula is C48H78O19. The molecule has 67 heavy (non-hydrogen) atoms. The zero-order chi connectivity index (χ0) is 49.1. The molecule has 0 aromatic heterocycles. The van der Waals surface area contributed by atoms with Crippen LogP contribution >= 0.6 is 0 Å². The summed E-state index contributed by atoms with van der Waals surface area (Å²) in [4.78, 5) is 15.5. The van der Waals surface area contributed by atoms with E-state index in [0.29, 0.717) is 44.9 Å². The number of aliphatic hydroxyl groups is 12. The van der Waals surface area contributed by atoms with Gasteiger partial charge in [0.2, 0.25) is 6.29 Å². The van der Waals surface area contributed by atoms with Gasteiger partial charge in [-0.25, -0.2) is 0 Å². The number of hydrogen-bond donors (Lipinski definition) is 12. The van der Waals surface area contributed by atoms with Gasteiger partial charge in [-0.3, -0.25) is 4.79 Å². The highest BCUT2D eigenvalue weighted by Gasteiger charge is 2.71. The molecule has 25 unspecified atom stereocenters. The highest BCUT2D eigenvalue weighted by Crippen LogP contribution is 2.76. The molecule has 4 saturated carbocycles. The first-order valence-corrected chi connectivity index (χ1v) is 24.4. The third kappa shape index (κ3) is 8.01. The minimum absolute atomic E-state index is 0.0385. The average molecular weight is 959 g/mol. The van der Waals surface area contributed by atoms with Gasteiger partial charge in [0, 0.05) is 5.41 Å². The number of allylic oxidation sites excluding steroid dienone is 2. The number of carbonyl (C=O) groups excluding carboxylic acids is 1. The van der Waals surface area contributed by atoms with Crippen LogP contribution in [-0.2, 0) is 33.2 Å². The number of rotatable bonds is 9. The highest BCUT2D eigenvalue weighted by molar-refractivity contribution is 5.79. The Morgan fingerprint density at radius 2 is 1.24 bits per heavy atom. The van der Waals surface area contributed by atoms with Crippen molar-refractivity contribution in [2.45, 2.75) is 211 Å². The molecule has 384 valence electrons. The van der Waals surface area contributed by atoms with Crippen molar-refractivity contribution in [1.82, 2.24) is 0 Å². The van der Waals surface area contributed by atoms with Crippen LogP contribution in [0, 0.1) is 50.2 Å². The maximum atomic E-state index is 15.5. The average Bonchev–Trinajstić information content (AvgIpc) is 3.28. The van der Waals surface area contributed by atoms with Crippen LogP contribution in [0.5, 0.6) is 0 Å². The lowest BCUT2D eigenvalue weighted by atomic mass is 9.33. The van der Waals surface area contributed by atoms with Crippen molar-refractivity contribution in [2.24, 2.45) is 50.2 Å². The van der Waals surface area contributed by atoms with Crippen LogP contribution in [-0.4, -0.2) is 191 Å². The first-order valence-electron chi connectivity index (χ1n) is 24.4. The minimum atomic E-state index is -1.95. The van der Waals surface area contributed by atoms with Gasteiger partial charge in [-0.1, -0.05) is 53.2 Å². The summed E-state index contributed by atoms with van der Waals surface area (Å²) in [5.74, 6) is -0.901. The predicted molar refractivity (Wildman–Crippen MR) is 232 cm³/mol. The molecule has 5 aliphatic carbocycles. The first kappa shape index (κ1) is 51.9. The van der Waals surface area contributed by atoms with Crippen molar-refractivity contribution < 1.29 is 94.5 Å². The Balaban J connectivity index is 1.15. The maximum Gasteiger partial charge on any atom is 0.315 e. The van der Waals surface area contributed by atoms with Crippen molar-refractivity contribution in [3.05, 3.63) is 11.6 Å². The molecule has 19 heteroatoms. The smallest absolute Gasteiger partial charge is 0.315 e.